The SMILES string of the molecule is CCC[CH2][Sn]([CH2]CCC)([CH2]CCC)[c]1ncccc1C(C)C. The maximum absolute atomic E-state index is 5.02. The van der Waals surface area contributed by atoms with E-state index in [0.717, 1.165) is 0 Å². The van der Waals surface area contributed by atoms with Gasteiger partial charge < -0.3 is 0 Å². The maximum atomic E-state index is 5.02. The molecule has 1 aromatic rings. The molecule has 0 unspecified atom stereocenters. The topological polar surface area (TPSA) is 12.9 Å². The van der Waals surface area contributed by atoms with Crippen molar-refractivity contribution >= 4 is 22.1 Å². The Bertz CT molecular complexity index is 392. The summed E-state index contributed by atoms with van der Waals surface area (Å²) in [7, 11) is 0. The summed E-state index contributed by atoms with van der Waals surface area (Å²) < 4.78 is 6.17. The third-order valence-electron chi connectivity index (χ3n) is 4.99. The van der Waals surface area contributed by atoms with E-state index in [2.05, 4.69) is 52.9 Å². The minimum atomic E-state index is -2.35. The summed E-state index contributed by atoms with van der Waals surface area (Å²) >= 11 is -2.35. The van der Waals surface area contributed by atoms with Crippen LogP contribution < -0.4 is 3.71 Å². The first-order valence-electron chi connectivity index (χ1n) is 9.56. The average Bonchev–Trinajstić information content (AvgIpc) is 2.54. The van der Waals surface area contributed by atoms with E-state index in [4.69, 9.17) is 4.98 Å². The van der Waals surface area contributed by atoms with Gasteiger partial charge in [0.2, 0.25) is 0 Å². The molecule has 2 heteroatoms. The Labute approximate surface area is 143 Å². The van der Waals surface area contributed by atoms with Crippen molar-refractivity contribution in [1.82, 2.24) is 4.98 Å². The van der Waals surface area contributed by atoms with E-state index >= 15 is 0 Å². The molecule has 0 aliphatic heterocycles. The van der Waals surface area contributed by atoms with Crippen molar-refractivity contribution in [1.29, 1.82) is 0 Å². The molecule has 0 saturated heterocycles. The molecular formula is C20H37NSn. The number of unbranched alkanes of at least 4 members (excludes halogenated alkanes) is 3. The minimum absolute atomic E-state index is 0.615. The zero-order chi connectivity index (χ0) is 16.4. The van der Waals surface area contributed by atoms with Crippen LogP contribution in [0.1, 0.15) is 84.6 Å². The van der Waals surface area contributed by atoms with Crippen molar-refractivity contribution in [2.45, 2.75) is 92.4 Å². The summed E-state index contributed by atoms with van der Waals surface area (Å²) in [4.78, 5) is 5.02. The molecule has 0 aromatic carbocycles. The van der Waals surface area contributed by atoms with Gasteiger partial charge in [0, 0.05) is 0 Å². The first-order chi connectivity index (χ1) is 10.6. The van der Waals surface area contributed by atoms with Crippen LogP contribution in [-0.4, -0.2) is 23.4 Å². The number of pyridine rings is 1. The molecule has 0 aliphatic rings. The van der Waals surface area contributed by atoms with Gasteiger partial charge in [0.05, 0.1) is 0 Å². The summed E-state index contributed by atoms with van der Waals surface area (Å²) in [6.45, 7) is 11.7. The van der Waals surface area contributed by atoms with Gasteiger partial charge in [-0.2, -0.15) is 0 Å². The van der Waals surface area contributed by atoms with E-state index in [0.29, 0.717) is 5.92 Å². The Hall–Kier alpha value is -0.0513. The molecule has 126 valence electrons. The van der Waals surface area contributed by atoms with Crippen molar-refractivity contribution in [3.63, 3.8) is 0 Å². The van der Waals surface area contributed by atoms with Gasteiger partial charge in [-0.1, -0.05) is 0 Å². The van der Waals surface area contributed by atoms with Gasteiger partial charge in [-0.25, -0.2) is 0 Å². The molecule has 0 spiro atoms. The molecule has 0 atom stereocenters. The summed E-state index contributed by atoms with van der Waals surface area (Å²) in [5.74, 6) is 0.615. The fourth-order valence-electron chi connectivity index (χ4n) is 3.60. The van der Waals surface area contributed by atoms with Crippen LogP contribution in [-0.2, 0) is 0 Å². The standard InChI is InChI=1S/C8H10N.3C4H9.Sn/c1-7(2)8-4-3-5-9-6-8;3*1-3-4-2;/h3-5,7H,1-2H3;3*1,3-4H2,2H3;. The fourth-order valence-corrected chi connectivity index (χ4v) is 20.4. The van der Waals surface area contributed by atoms with Crippen molar-refractivity contribution in [3.8, 4) is 0 Å². The van der Waals surface area contributed by atoms with Crippen LogP contribution in [0.3, 0.4) is 0 Å². The van der Waals surface area contributed by atoms with E-state index in [9.17, 15) is 0 Å². The molecule has 1 rings (SSSR count). The molecule has 1 aromatic heterocycles. The van der Waals surface area contributed by atoms with Crippen molar-refractivity contribution in [3.05, 3.63) is 23.9 Å². The molecule has 0 fully saturated rings. The average molecular weight is 410 g/mol. The fraction of sp³-hybridized carbons (Fsp3) is 0.750. The van der Waals surface area contributed by atoms with Gasteiger partial charge in [0.15, 0.2) is 0 Å². The Balaban J connectivity index is 3.25. The van der Waals surface area contributed by atoms with E-state index in [-0.39, 0.29) is 0 Å². The zero-order valence-electron chi connectivity index (χ0n) is 15.6. The number of rotatable bonds is 11. The molecule has 22 heavy (non-hydrogen) atoms. The number of nitrogens with zero attached hydrogens (tertiary/aromatic N) is 1. The summed E-state index contributed by atoms with van der Waals surface area (Å²) in [6.07, 6.45) is 10.3. The number of aromatic nitrogens is 1. The van der Waals surface area contributed by atoms with Gasteiger partial charge in [0.1, 0.15) is 0 Å². The quantitative estimate of drug-likeness (QED) is 0.393. The Morgan fingerprint density at radius 1 is 0.909 bits per heavy atom. The van der Waals surface area contributed by atoms with E-state index in [1.54, 1.807) is 9.27 Å². The van der Waals surface area contributed by atoms with Gasteiger partial charge in [-0.3, -0.25) is 0 Å². The van der Waals surface area contributed by atoms with Crippen LogP contribution in [0.5, 0.6) is 0 Å². The Morgan fingerprint density at radius 2 is 1.41 bits per heavy atom. The summed E-state index contributed by atoms with van der Waals surface area (Å²) in [5.41, 5.74) is 1.57. The summed E-state index contributed by atoms with van der Waals surface area (Å²) in [6, 6.07) is 4.51. The molecule has 0 aliphatic carbocycles. The molecule has 0 saturated carbocycles. The third kappa shape index (κ3) is 5.54. The Kier molecular flexibility index (Phi) is 9.70. The molecule has 1 nitrogen and oxygen atoms in total. The van der Waals surface area contributed by atoms with Crippen LogP contribution in [0.4, 0.5) is 0 Å². The molecule has 0 amide bonds. The van der Waals surface area contributed by atoms with Crippen LogP contribution >= 0.6 is 0 Å². The van der Waals surface area contributed by atoms with E-state index < -0.39 is 18.4 Å². The second-order valence-electron chi connectivity index (χ2n) is 7.19. The van der Waals surface area contributed by atoms with Gasteiger partial charge >= 0.3 is 143 Å². The second-order valence-corrected chi connectivity index (χ2v) is 20.1. The van der Waals surface area contributed by atoms with Crippen LogP contribution in [0, 0.1) is 0 Å². The van der Waals surface area contributed by atoms with Crippen LogP contribution in [0.15, 0.2) is 18.3 Å². The van der Waals surface area contributed by atoms with Crippen molar-refractivity contribution < 1.29 is 0 Å². The van der Waals surface area contributed by atoms with Crippen molar-refractivity contribution in [2.24, 2.45) is 0 Å². The molecule has 0 N–H and O–H groups in total. The van der Waals surface area contributed by atoms with Gasteiger partial charge in [-0.05, 0) is 0 Å². The van der Waals surface area contributed by atoms with E-state index in [1.165, 1.54) is 51.8 Å². The number of hydrogen-bond donors (Lipinski definition) is 0. The molecule has 0 bridgehead atoms. The first kappa shape index (κ1) is 20.0. The van der Waals surface area contributed by atoms with Crippen LogP contribution in [0.2, 0.25) is 13.3 Å². The predicted molar refractivity (Wildman–Crippen MR) is 103 cm³/mol. The molecule has 0 radical (unpaired) electrons. The molecule has 1 heterocycles. The Morgan fingerprint density at radius 3 is 1.82 bits per heavy atom. The normalized spacial score (nSPS) is 12.1. The van der Waals surface area contributed by atoms with Gasteiger partial charge in [0.25, 0.3) is 0 Å². The number of hydrogen-bond acceptors (Lipinski definition) is 1. The first-order valence-corrected chi connectivity index (χ1v) is 17.0. The monoisotopic (exact) mass is 411 g/mol. The third-order valence-corrected chi connectivity index (χ3v) is 20.3. The molecular weight excluding hydrogens is 373 g/mol. The van der Waals surface area contributed by atoms with E-state index in [1.807, 2.05) is 0 Å². The summed E-state index contributed by atoms with van der Waals surface area (Å²) in [5, 5.41) is 0. The van der Waals surface area contributed by atoms with Crippen LogP contribution in [0.25, 0.3) is 0 Å². The van der Waals surface area contributed by atoms with Gasteiger partial charge in [-0.15, -0.1) is 0 Å². The van der Waals surface area contributed by atoms with Crippen molar-refractivity contribution in [2.75, 3.05) is 0 Å². The second kappa shape index (κ2) is 10.7. The predicted octanol–water partition coefficient (Wildman–Crippen LogP) is 6.26. The zero-order valence-corrected chi connectivity index (χ0v) is 18.5.